The first-order valence-electron chi connectivity index (χ1n) is 8.48. The van der Waals surface area contributed by atoms with E-state index in [0.29, 0.717) is 41.8 Å². The van der Waals surface area contributed by atoms with Crippen molar-refractivity contribution >= 4 is 21.6 Å². The van der Waals surface area contributed by atoms with Gasteiger partial charge in [0.1, 0.15) is 18.1 Å². The van der Waals surface area contributed by atoms with Crippen LogP contribution in [0.25, 0.3) is 0 Å². The Morgan fingerprint density at radius 2 is 1.96 bits per heavy atom. The standard InChI is InChI=1S/C17H22N4O5S/c1-11-17(12(2)20-19-11)27(23,24)18-6-7-21(13(3)22)14-4-5-15-16(10-14)26-9-8-25-15/h4-5,10,18H,6-9H2,1-3H3,(H,19,20). The smallest absolute Gasteiger partial charge is 0.244 e. The van der Waals surface area contributed by atoms with Gasteiger partial charge in [-0.05, 0) is 26.0 Å². The van der Waals surface area contributed by atoms with Gasteiger partial charge in [0, 0.05) is 31.8 Å². The molecule has 0 radical (unpaired) electrons. The minimum Gasteiger partial charge on any atom is -0.486 e. The second-order valence-corrected chi connectivity index (χ2v) is 7.86. The van der Waals surface area contributed by atoms with Crippen molar-refractivity contribution in [1.29, 1.82) is 0 Å². The van der Waals surface area contributed by atoms with Gasteiger partial charge >= 0.3 is 0 Å². The van der Waals surface area contributed by atoms with Crippen molar-refractivity contribution in [2.75, 3.05) is 31.2 Å². The van der Waals surface area contributed by atoms with Crippen molar-refractivity contribution in [3.05, 3.63) is 29.6 Å². The van der Waals surface area contributed by atoms with E-state index in [4.69, 9.17) is 9.47 Å². The third-order valence-electron chi connectivity index (χ3n) is 4.17. The predicted molar refractivity (Wildman–Crippen MR) is 98.7 cm³/mol. The maximum atomic E-state index is 12.5. The Morgan fingerprint density at radius 3 is 2.59 bits per heavy atom. The fourth-order valence-corrected chi connectivity index (χ4v) is 4.36. The molecule has 2 aromatic rings. The largest absolute Gasteiger partial charge is 0.486 e. The van der Waals surface area contributed by atoms with Gasteiger partial charge < -0.3 is 14.4 Å². The van der Waals surface area contributed by atoms with Crippen LogP contribution in [0.4, 0.5) is 5.69 Å². The van der Waals surface area contributed by atoms with Crippen LogP contribution in [-0.2, 0) is 14.8 Å². The molecule has 1 aliphatic rings. The van der Waals surface area contributed by atoms with E-state index in [-0.39, 0.29) is 23.9 Å². The van der Waals surface area contributed by atoms with Crippen molar-refractivity contribution in [2.45, 2.75) is 25.7 Å². The Labute approximate surface area is 157 Å². The zero-order valence-electron chi connectivity index (χ0n) is 15.4. The Kier molecular flexibility index (Phi) is 5.38. The van der Waals surface area contributed by atoms with E-state index in [1.54, 1.807) is 32.0 Å². The van der Waals surface area contributed by atoms with E-state index >= 15 is 0 Å². The number of ether oxygens (including phenoxy) is 2. The van der Waals surface area contributed by atoms with Crippen LogP contribution in [-0.4, -0.2) is 50.8 Å². The number of nitrogens with one attached hydrogen (secondary N) is 2. The van der Waals surface area contributed by atoms with Crippen LogP contribution < -0.4 is 19.1 Å². The second-order valence-electron chi connectivity index (χ2n) is 6.16. The highest BCUT2D eigenvalue weighted by Gasteiger charge is 2.23. The third-order valence-corrected chi connectivity index (χ3v) is 5.90. The summed E-state index contributed by atoms with van der Waals surface area (Å²) in [4.78, 5) is 13.7. The Balaban J connectivity index is 1.72. The first-order chi connectivity index (χ1) is 12.8. The molecule has 1 aliphatic heterocycles. The summed E-state index contributed by atoms with van der Waals surface area (Å²) in [6.45, 7) is 5.85. The molecule has 146 valence electrons. The van der Waals surface area contributed by atoms with Crippen molar-refractivity contribution in [1.82, 2.24) is 14.9 Å². The molecule has 27 heavy (non-hydrogen) atoms. The number of aromatic nitrogens is 2. The van der Waals surface area contributed by atoms with Crippen LogP contribution in [0.3, 0.4) is 0 Å². The number of nitrogens with zero attached hydrogens (tertiary/aromatic N) is 2. The van der Waals surface area contributed by atoms with Crippen LogP contribution in [0.15, 0.2) is 23.1 Å². The molecule has 10 heteroatoms. The number of H-pyrrole nitrogens is 1. The Bertz CT molecular complexity index is 935. The molecule has 1 aromatic heterocycles. The summed E-state index contributed by atoms with van der Waals surface area (Å²) in [7, 11) is -3.72. The fourth-order valence-electron chi connectivity index (χ4n) is 2.97. The topological polar surface area (TPSA) is 114 Å². The molecular weight excluding hydrogens is 372 g/mol. The molecule has 0 bridgehead atoms. The number of hydrogen-bond donors (Lipinski definition) is 2. The molecule has 1 aromatic carbocycles. The van der Waals surface area contributed by atoms with E-state index in [2.05, 4.69) is 14.9 Å². The lowest BCUT2D eigenvalue weighted by Gasteiger charge is -2.24. The third kappa shape index (κ3) is 4.06. The molecule has 0 spiro atoms. The number of carbonyl (C=O) groups is 1. The van der Waals surface area contributed by atoms with Crippen LogP contribution in [0.5, 0.6) is 11.5 Å². The lowest BCUT2D eigenvalue weighted by molar-refractivity contribution is -0.116. The molecule has 0 unspecified atom stereocenters. The number of hydrogen-bond acceptors (Lipinski definition) is 6. The van der Waals surface area contributed by atoms with Gasteiger partial charge in [0.15, 0.2) is 11.5 Å². The van der Waals surface area contributed by atoms with Gasteiger partial charge in [0.2, 0.25) is 15.9 Å². The summed E-state index contributed by atoms with van der Waals surface area (Å²) >= 11 is 0. The van der Waals surface area contributed by atoms with Gasteiger partial charge in [0.25, 0.3) is 0 Å². The van der Waals surface area contributed by atoms with E-state index in [9.17, 15) is 13.2 Å². The van der Waals surface area contributed by atoms with Gasteiger partial charge in [0.05, 0.1) is 11.4 Å². The highest BCUT2D eigenvalue weighted by molar-refractivity contribution is 7.89. The van der Waals surface area contributed by atoms with Crippen molar-refractivity contribution in [3.8, 4) is 11.5 Å². The summed E-state index contributed by atoms with van der Waals surface area (Å²) in [5.41, 5.74) is 1.48. The zero-order valence-corrected chi connectivity index (χ0v) is 16.2. The van der Waals surface area contributed by atoms with Crippen LogP contribution in [0, 0.1) is 13.8 Å². The number of sulfonamides is 1. The average molecular weight is 394 g/mol. The van der Waals surface area contributed by atoms with Crippen molar-refractivity contribution < 1.29 is 22.7 Å². The van der Waals surface area contributed by atoms with E-state index in [0.717, 1.165) is 0 Å². The number of rotatable bonds is 6. The molecule has 0 fully saturated rings. The van der Waals surface area contributed by atoms with Crippen molar-refractivity contribution in [3.63, 3.8) is 0 Å². The number of carbonyl (C=O) groups excluding carboxylic acids is 1. The average Bonchev–Trinajstić information content (AvgIpc) is 2.97. The van der Waals surface area contributed by atoms with Gasteiger partial charge in [-0.15, -0.1) is 0 Å². The molecule has 2 heterocycles. The summed E-state index contributed by atoms with van der Waals surface area (Å²) in [6.07, 6.45) is 0. The number of aromatic amines is 1. The molecule has 3 rings (SSSR count). The number of aryl methyl sites for hydroxylation is 2. The Morgan fingerprint density at radius 1 is 1.26 bits per heavy atom. The zero-order chi connectivity index (χ0) is 19.6. The second kappa shape index (κ2) is 7.57. The maximum absolute atomic E-state index is 12.5. The number of fused-ring (bicyclic) bond motifs is 1. The number of benzene rings is 1. The quantitative estimate of drug-likeness (QED) is 0.759. The van der Waals surface area contributed by atoms with Gasteiger partial charge in [-0.3, -0.25) is 9.89 Å². The summed E-state index contributed by atoms with van der Waals surface area (Å²) < 4.78 is 38.6. The number of anilines is 1. The highest BCUT2D eigenvalue weighted by atomic mass is 32.2. The molecule has 9 nitrogen and oxygen atoms in total. The van der Waals surface area contributed by atoms with Gasteiger partial charge in [-0.2, -0.15) is 5.10 Å². The minimum absolute atomic E-state index is 0.0560. The minimum atomic E-state index is -3.72. The van der Waals surface area contributed by atoms with Crippen LogP contribution in [0.1, 0.15) is 18.3 Å². The van der Waals surface area contributed by atoms with E-state index in [1.165, 1.54) is 11.8 Å². The summed E-state index contributed by atoms with van der Waals surface area (Å²) in [5.74, 6) is 0.983. The van der Waals surface area contributed by atoms with Gasteiger partial charge in [-0.1, -0.05) is 0 Å². The first kappa shape index (κ1) is 19.2. The van der Waals surface area contributed by atoms with Gasteiger partial charge in [-0.25, -0.2) is 13.1 Å². The monoisotopic (exact) mass is 394 g/mol. The lowest BCUT2D eigenvalue weighted by Crippen LogP contribution is -2.37. The molecule has 0 saturated heterocycles. The van der Waals surface area contributed by atoms with Crippen LogP contribution >= 0.6 is 0 Å². The fraction of sp³-hybridized carbons (Fsp3) is 0.412. The van der Waals surface area contributed by atoms with Crippen molar-refractivity contribution in [2.24, 2.45) is 0 Å². The maximum Gasteiger partial charge on any atom is 0.244 e. The SMILES string of the molecule is CC(=O)N(CCNS(=O)(=O)c1c(C)n[nH]c1C)c1ccc2c(c1)OCCO2. The number of amides is 1. The molecule has 1 amide bonds. The molecule has 0 atom stereocenters. The van der Waals surface area contributed by atoms with E-state index < -0.39 is 10.0 Å². The predicted octanol–water partition coefficient (Wildman–Crippen LogP) is 1.13. The normalized spacial score (nSPS) is 13.4. The van der Waals surface area contributed by atoms with E-state index in [1.807, 2.05) is 0 Å². The summed E-state index contributed by atoms with van der Waals surface area (Å²) in [5, 5.41) is 6.56. The molecule has 0 saturated carbocycles. The molecule has 0 aliphatic carbocycles. The lowest BCUT2D eigenvalue weighted by atomic mass is 10.2. The van der Waals surface area contributed by atoms with Crippen LogP contribution in [0.2, 0.25) is 0 Å². The highest BCUT2D eigenvalue weighted by Crippen LogP contribution is 2.34. The molecular formula is C17H22N4O5S. The first-order valence-corrected chi connectivity index (χ1v) is 9.97. The summed E-state index contributed by atoms with van der Waals surface area (Å²) in [6, 6.07) is 5.20. The molecule has 2 N–H and O–H groups in total. The Hall–Kier alpha value is -2.59.